The highest BCUT2D eigenvalue weighted by molar-refractivity contribution is 7.99. The fourth-order valence-electron chi connectivity index (χ4n) is 1.99. The summed E-state index contributed by atoms with van der Waals surface area (Å²) in [6, 6.07) is 5.16. The van der Waals surface area contributed by atoms with E-state index in [0.29, 0.717) is 12.0 Å². The summed E-state index contributed by atoms with van der Waals surface area (Å²) in [6.07, 6.45) is 0. The molecule has 1 nitrogen and oxygen atoms in total. The van der Waals surface area contributed by atoms with Crippen molar-refractivity contribution in [3.8, 4) is 0 Å². The first-order valence-electron chi connectivity index (χ1n) is 5.58. The van der Waals surface area contributed by atoms with Gasteiger partial charge in [-0.2, -0.15) is 0 Å². The van der Waals surface area contributed by atoms with Crippen LogP contribution in [-0.2, 0) is 0 Å². The molecule has 15 heavy (non-hydrogen) atoms. The average molecular weight is 221 g/mol. The molecule has 0 aromatic heterocycles. The minimum atomic E-state index is 0.615. The van der Waals surface area contributed by atoms with Crippen LogP contribution in [0.15, 0.2) is 17.0 Å². The van der Waals surface area contributed by atoms with E-state index < -0.39 is 0 Å². The number of aryl methyl sites for hydroxylation is 2. The molecule has 1 aromatic carbocycles. The number of fused-ring (bicyclic) bond motifs is 1. The van der Waals surface area contributed by atoms with Crippen LogP contribution in [0.25, 0.3) is 0 Å². The third-order valence-corrected chi connectivity index (χ3v) is 4.16. The lowest BCUT2D eigenvalue weighted by Crippen LogP contribution is -2.31. The molecule has 1 unspecified atom stereocenters. The summed E-state index contributed by atoms with van der Waals surface area (Å²) in [5.41, 5.74) is 4.10. The topological polar surface area (TPSA) is 12.0 Å². The molecular formula is C13H19NS. The Labute approximate surface area is 96.7 Å². The van der Waals surface area contributed by atoms with Gasteiger partial charge in [-0.3, -0.25) is 0 Å². The molecule has 0 bridgehead atoms. The molecule has 0 radical (unpaired) electrons. The van der Waals surface area contributed by atoms with Crippen molar-refractivity contribution >= 4 is 17.4 Å². The lowest BCUT2D eigenvalue weighted by atomic mass is 10.0. The van der Waals surface area contributed by atoms with Crippen molar-refractivity contribution in [3.05, 3.63) is 23.3 Å². The van der Waals surface area contributed by atoms with Crippen molar-refractivity contribution in [3.63, 3.8) is 0 Å². The molecule has 1 N–H and O–H groups in total. The van der Waals surface area contributed by atoms with E-state index in [0.717, 1.165) is 0 Å². The Morgan fingerprint density at radius 1 is 1.33 bits per heavy atom. The predicted molar refractivity (Wildman–Crippen MR) is 68.9 cm³/mol. The van der Waals surface area contributed by atoms with E-state index in [1.165, 1.54) is 27.5 Å². The summed E-state index contributed by atoms with van der Waals surface area (Å²) in [5.74, 6) is 1.89. The second-order valence-electron chi connectivity index (χ2n) is 4.76. The van der Waals surface area contributed by atoms with Crippen molar-refractivity contribution in [2.24, 2.45) is 5.92 Å². The molecule has 1 heterocycles. The molecule has 0 saturated carbocycles. The van der Waals surface area contributed by atoms with E-state index in [4.69, 9.17) is 0 Å². The van der Waals surface area contributed by atoms with Crippen LogP contribution in [0.2, 0.25) is 0 Å². The smallest absolute Gasteiger partial charge is 0.0510 e. The summed E-state index contributed by atoms with van der Waals surface area (Å²) in [6.45, 7) is 8.93. The summed E-state index contributed by atoms with van der Waals surface area (Å²) in [5, 5.41) is 3.67. The van der Waals surface area contributed by atoms with Gasteiger partial charge in [0.2, 0.25) is 0 Å². The van der Waals surface area contributed by atoms with Crippen LogP contribution >= 0.6 is 11.8 Å². The Kier molecular flexibility index (Phi) is 2.96. The molecule has 0 saturated heterocycles. The van der Waals surface area contributed by atoms with Gasteiger partial charge in [0.1, 0.15) is 0 Å². The van der Waals surface area contributed by atoms with E-state index in [2.05, 4.69) is 45.1 Å². The zero-order chi connectivity index (χ0) is 11.0. The van der Waals surface area contributed by atoms with Crippen LogP contribution in [0.5, 0.6) is 0 Å². The molecule has 0 aliphatic carbocycles. The Morgan fingerprint density at radius 2 is 2.07 bits per heavy atom. The SMILES string of the molecule is Cc1cc(C)c2c(c1)SCC(C(C)C)N2. The second-order valence-corrected chi connectivity index (χ2v) is 5.82. The van der Waals surface area contributed by atoms with E-state index >= 15 is 0 Å². The summed E-state index contributed by atoms with van der Waals surface area (Å²) in [4.78, 5) is 1.42. The number of hydrogen-bond acceptors (Lipinski definition) is 2. The van der Waals surface area contributed by atoms with Gasteiger partial charge in [-0.25, -0.2) is 0 Å². The number of nitrogens with one attached hydrogen (secondary N) is 1. The standard InChI is InChI=1S/C13H19NS/c1-8(2)11-7-15-12-6-9(3)5-10(4)13(12)14-11/h5-6,8,11,14H,7H2,1-4H3. The lowest BCUT2D eigenvalue weighted by molar-refractivity contribution is 0.562. The summed E-state index contributed by atoms with van der Waals surface area (Å²) < 4.78 is 0. The minimum Gasteiger partial charge on any atom is -0.380 e. The van der Waals surface area contributed by atoms with E-state index in [1.807, 2.05) is 11.8 Å². The van der Waals surface area contributed by atoms with Gasteiger partial charge in [0, 0.05) is 16.7 Å². The van der Waals surface area contributed by atoms with Gasteiger partial charge >= 0.3 is 0 Å². The van der Waals surface area contributed by atoms with E-state index in [9.17, 15) is 0 Å². The number of hydrogen-bond donors (Lipinski definition) is 1. The maximum atomic E-state index is 3.67. The van der Waals surface area contributed by atoms with Crippen molar-refractivity contribution < 1.29 is 0 Å². The molecule has 2 rings (SSSR count). The first-order chi connectivity index (χ1) is 7.08. The average Bonchev–Trinajstić information content (AvgIpc) is 2.16. The normalized spacial score (nSPS) is 19.9. The van der Waals surface area contributed by atoms with Crippen LogP contribution in [-0.4, -0.2) is 11.8 Å². The molecule has 82 valence electrons. The van der Waals surface area contributed by atoms with Gasteiger partial charge in [0.15, 0.2) is 0 Å². The van der Waals surface area contributed by atoms with E-state index in [1.54, 1.807) is 0 Å². The fraction of sp³-hybridized carbons (Fsp3) is 0.538. The molecule has 0 spiro atoms. The highest BCUT2D eigenvalue weighted by Crippen LogP contribution is 2.37. The molecular weight excluding hydrogens is 202 g/mol. The Bertz CT molecular complexity index is 371. The van der Waals surface area contributed by atoms with Crippen LogP contribution < -0.4 is 5.32 Å². The zero-order valence-corrected chi connectivity index (χ0v) is 10.7. The fourth-order valence-corrected chi connectivity index (χ4v) is 3.45. The minimum absolute atomic E-state index is 0.615. The first kappa shape index (κ1) is 10.9. The highest BCUT2D eigenvalue weighted by atomic mass is 32.2. The number of anilines is 1. The lowest BCUT2D eigenvalue weighted by Gasteiger charge is -2.30. The third-order valence-electron chi connectivity index (χ3n) is 3.00. The van der Waals surface area contributed by atoms with E-state index in [-0.39, 0.29) is 0 Å². The number of thioether (sulfide) groups is 1. The Balaban J connectivity index is 2.33. The van der Waals surface area contributed by atoms with Crippen LogP contribution in [0.4, 0.5) is 5.69 Å². The number of benzene rings is 1. The van der Waals surface area contributed by atoms with Crippen molar-refractivity contribution in [2.75, 3.05) is 11.1 Å². The maximum Gasteiger partial charge on any atom is 0.0510 e. The predicted octanol–water partition coefficient (Wildman–Crippen LogP) is 3.85. The quantitative estimate of drug-likeness (QED) is 0.773. The molecule has 1 aromatic rings. The first-order valence-corrected chi connectivity index (χ1v) is 6.57. The van der Waals surface area contributed by atoms with Gasteiger partial charge in [0.25, 0.3) is 0 Å². The molecule has 2 heteroatoms. The second kappa shape index (κ2) is 4.09. The Morgan fingerprint density at radius 3 is 2.73 bits per heavy atom. The monoisotopic (exact) mass is 221 g/mol. The molecule has 1 aliphatic rings. The molecule has 0 amide bonds. The molecule has 1 atom stereocenters. The van der Waals surface area contributed by atoms with Crippen molar-refractivity contribution in [1.82, 2.24) is 0 Å². The third kappa shape index (κ3) is 2.15. The van der Waals surface area contributed by atoms with Gasteiger partial charge < -0.3 is 5.32 Å². The van der Waals surface area contributed by atoms with Crippen molar-refractivity contribution in [1.29, 1.82) is 0 Å². The van der Waals surface area contributed by atoms with Crippen LogP contribution in [0.3, 0.4) is 0 Å². The maximum absolute atomic E-state index is 3.67. The Hall–Kier alpha value is -0.630. The molecule has 0 fully saturated rings. The van der Waals surface area contributed by atoms with Crippen molar-refractivity contribution in [2.45, 2.75) is 38.6 Å². The highest BCUT2D eigenvalue weighted by Gasteiger charge is 2.21. The largest absolute Gasteiger partial charge is 0.380 e. The van der Waals surface area contributed by atoms with Gasteiger partial charge in [-0.05, 0) is 37.0 Å². The van der Waals surface area contributed by atoms with Gasteiger partial charge in [-0.1, -0.05) is 19.9 Å². The zero-order valence-electron chi connectivity index (χ0n) is 9.92. The van der Waals surface area contributed by atoms with Gasteiger partial charge in [0.05, 0.1) is 5.69 Å². The van der Waals surface area contributed by atoms with Crippen LogP contribution in [0, 0.1) is 19.8 Å². The van der Waals surface area contributed by atoms with Gasteiger partial charge in [-0.15, -0.1) is 11.8 Å². The summed E-state index contributed by atoms with van der Waals surface area (Å²) in [7, 11) is 0. The van der Waals surface area contributed by atoms with Crippen LogP contribution in [0.1, 0.15) is 25.0 Å². The summed E-state index contributed by atoms with van der Waals surface area (Å²) >= 11 is 1.99. The number of rotatable bonds is 1. The molecule has 1 aliphatic heterocycles.